The summed E-state index contributed by atoms with van der Waals surface area (Å²) >= 11 is 0. The average molecular weight is 295 g/mol. The van der Waals surface area contributed by atoms with Gasteiger partial charge in [0.05, 0.1) is 17.5 Å². The number of carbonyl (C=O) groups is 1. The van der Waals surface area contributed by atoms with Gasteiger partial charge in [0.2, 0.25) is 5.91 Å². The van der Waals surface area contributed by atoms with Crippen molar-refractivity contribution in [3.8, 4) is 0 Å². The zero-order chi connectivity index (χ0) is 14.9. The minimum absolute atomic E-state index is 0.0166. The van der Waals surface area contributed by atoms with E-state index >= 15 is 0 Å². The molecule has 1 fully saturated rings. The number of sulfone groups is 1. The van der Waals surface area contributed by atoms with Gasteiger partial charge >= 0.3 is 0 Å². The summed E-state index contributed by atoms with van der Waals surface area (Å²) in [6, 6.07) is 5.72. The van der Waals surface area contributed by atoms with Crippen molar-refractivity contribution >= 4 is 21.4 Å². The van der Waals surface area contributed by atoms with Gasteiger partial charge in [0, 0.05) is 12.1 Å². The molecule has 4 nitrogen and oxygen atoms in total. The van der Waals surface area contributed by atoms with Crippen LogP contribution in [0.2, 0.25) is 0 Å². The summed E-state index contributed by atoms with van der Waals surface area (Å²) in [4.78, 5) is 13.9. The Bertz CT molecular complexity index is 602. The molecular weight excluding hydrogens is 274 g/mol. The molecule has 110 valence electrons. The summed E-state index contributed by atoms with van der Waals surface area (Å²) in [5.74, 6) is 0.235. The number of hydrogen-bond acceptors (Lipinski definition) is 3. The van der Waals surface area contributed by atoms with E-state index in [0.717, 1.165) is 16.8 Å². The van der Waals surface area contributed by atoms with E-state index in [2.05, 4.69) is 0 Å². The summed E-state index contributed by atoms with van der Waals surface area (Å²) in [5, 5.41) is 0. The van der Waals surface area contributed by atoms with Gasteiger partial charge in [-0.15, -0.1) is 0 Å². The number of anilines is 1. The predicted octanol–water partition coefficient (Wildman–Crippen LogP) is 2.23. The first-order chi connectivity index (χ1) is 9.32. The Kier molecular flexibility index (Phi) is 4.18. The van der Waals surface area contributed by atoms with Gasteiger partial charge in [0.25, 0.3) is 0 Å². The number of rotatable bonds is 3. The molecule has 1 aromatic carbocycles. The number of nitrogens with zero attached hydrogens (tertiary/aromatic N) is 1. The Morgan fingerprint density at radius 3 is 2.30 bits per heavy atom. The highest BCUT2D eigenvalue weighted by Crippen LogP contribution is 2.27. The zero-order valence-electron chi connectivity index (χ0n) is 12.2. The molecule has 1 aliphatic rings. The lowest BCUT2D eigenvalue weighted by atomic mass is 10.1. The largest absolute Gasteiger partial charge is 0.308 e. The van der Waals surface area contributed by atoms with Crippen LogP contribution in [0.3, 0.4) is 0 Å². The Labute approximate surface area is 120 Å². The van der Waals surface area contributed by atoms with E-state index in [1.165, 1.54) is 0 Å². The molecule has 1 unspecified atom stereocenters. The molecule has 1 saturated heterocycles. The molecule has 0 saturated carbocycles. The lowest BCUT2D eigenvalue weighted by molar-refractivity contribution is -0.118. The molecule has 2 rings (SSSR count). The fraction of sp³-hybridized carbons (Fsp3) is 0.533. The lowest BCUT2D eigenvalue weighted by Crippen LogP contribution is -2.41. The van der Waals surface area contributed by atoms with Crippen LogP contribution in [0, 0.1) is 13.8 Å². The van der Waals surface area contributed by atoms with E-state index in [-0.39, 0.29) is 23.5 Å². The van der Waals surface area contributed by atoms with E-state index in [1.54, 1.807) is 11.8 Å². The van der Waals surface area contributed by atoms with Gasteiger partial charge < -0.3 is 4.90 Å². The smallest absolute Gasteiger partial charge is 0.226 e. The van der Waals surface area contributed by atoms with Gasteiger partial charge in [-0.05, 0) is 43.5 Å². The van der Waals surface area contributed by atoms with Crippen LogP contribution in [-0.2, 0) is 14.6 Å². The average Bonchev–Trinajstić information content (AvgIpc) is 2.68. The highest BCUT2D eigenvalue weighted by Gasteiger charge is 2.35. The summed E-state index contributed by atoms with van der Waals surface area (Å²) < 4.78 is 23.4. The van der Waals surface area contributed by atoms with Gasteiger partial charge in [-0.1, -0.05) is 13.0 Å². The molecule has 5 heteroatoms. The van der Waals surface area contributed by atoms with Gasteiger partial charge in [0.15, 0.2) is 9.84 Å². The van der Waals surface area contributed by atoms with Crippen molar-refractivity contribution in [1.82, 2.24) is 0 Å². The van der Waals surface area contributed by atoms with Crippen LogP contribution >= 0.6 is 0 Å². The lowest BCUT2D eigenvalue weighted by Gasteiger charge is -2.28. The second-order valence-corrected chi connectivity index (χ2v) is 7.75. The van der Waals surface area contributed by atoms with Crippen molar-refractivity contribution in [2.75, 3.05) is 16.4 Å². The standard InChI is InChI=1S/C15H21NO3S/c1-4-15(17)16(13-5-6-20(18,19)10-13)14-8-11(2)7-12(3)9-14/h7-9,13H,4-6,10H2,1-3H3. The predicted molar refractivity (Wildman–Crippen MR) is 80.8 cm³/mol. The number of benzene rings is 1. The second-order valence-electron chi connectivity index (χ2n) is 5.52. The number of hydrogen-bond donors (Lipinski definition) is 0. The summed E-state index contributed by atoms with van der Waals surface area (Å²) in [7, 11) is -3.00. The molecule has 1 aromatic rings. The van der Waals surface area contributed by atoms with Gasteiger partial charge in [-0.2, -0.15) is 0 Å². The Balaban J connectivity index is 2.40. The topological polar surface area (TPSA) is 54.5 Å². The minimum Gasteiger partial charge on any atom is -0.308 e. The summed E-state index contributed by atoms with van der Waals surface area (Å²) in [6.07, 6.45) is 0.907. The third-order valence-electron chi connectivity index (χ3n) is 3.63. The van der Waals surface area contributed by atoms with Crippen LogP contribution in [0.4, 0.5) is 5.69 Å². The van der Waals surface area contributed by atoms with E-state index in [9.17, 15) is 13.2 Å². The van der Waals surface area contributed by atoms with Crippen molar-refractivity contribution in [3.63, 3.8) is 0 Å². The SMILES string of the molecule is CCC(=O)N(c1cc(C)cc(C)c1)C1CCS(=O)(=O)C1. The van der Waals surface area contributed by atoms with Crippen LogP contribution < -0.4 is 4.90 Å². The van der Waals surface area contributed by atoms with Crippen LogP contribution in [0.5, 0.6) is 0 Å². The van der Waals surface area contributed by atoms with Crippen LogP contribution in [0.1, 0.15) is 30.9 Å². The number of aryl methyl sites for hydroxylation is 2. The molecule has 0 spiro atoms. The summed E-state index contributed by atoms with van der Waals surface area (Å²) in [6.45, 7) is 5.77. The third-order valence-corrected chi connectivity index (χ3v) is 5.38. The van der Waals surface area contributed by atoms with Crippen molar-refractivity contribution in [2.45, 2.75) is 39.7 Å². The van der Waals surface area contributed by atoms with E-state index < -0.39 is 9.84 Å². The van der Waals surface area contributed by atoms with E-state index in [4.69, 9.17) is 0 Å². The molecule has 0 N–H and O–H groups in total. The maximum absolute atomic E-state index is 12.3. The molecule has 1 aliphatic heterocycles. The fourth-order valence-corrected chi connectivity index (χ4v) is 4.50. The molecule has 0 aliphatic carbocycles. The molecule has 1 heterocycles. The highest BCUT2D eigenvalue weighted by molar-refractivity contribution is 7.91. The number of amides is 1. The van der Waals surface area contributed by atoms with Gasteiger partial charge in [0.1, 0.15) is 0 Å². The number of carbonyl (C=O) groups excluding carboxylic acids is 1. The maximum Gasteiger partial charge on any atom is 0.226 e. The molecule has 1 amide bonds. The Morgan fingerprint density at radius 1 is 1.25 bits per heavy atom. The van der Waals surface area contributed by atoms with Gasteiger partial charge in [-0.3, -0.25) is 4.79 Å². The first-order valence-corrected chi connectivity index (χ1v) is 8.75. The van der Waals surface area contributed by atoms with E-state index in [1.807, 2.05) is 32.0 Å². The molecule has 0 aromatic heterocycles. The first-order valence-electron chi connectivity index (χ1n) is 6.93. The van der Waals surface area contributed by atoms with Gasteiger partial charge in [-0.25, -0.2) is 8.42 Å². The molecule has 20 heavy (non-hydrogen) atoms. The van der Waals surface area contributed by atoms with Crippen LogP contribution in [0.25, 0.3) is 0 Å². The molecule has 0 radical (unpaired) electrons. The van der Waals surface area contributed by atoms with Crippen molar-refractivity contribution in [2.24, 2.45) is 0 Å². The third kappa shape index (κ3) is 3.20. The van der Waals surface area contributed by atoms with Crippen molar-refractivity contribution < 1.29 is 13.2 Å². The quantitative estimate of drug-likeness (QED) is 0.859. The molecular formula is C15H21NO3S. The Hall–Kier alpha value is -1.36. The van der Waals surface area contributed by atoms with Crippen LogP contribution in [0.15, 0.2) is 18.2 Å². The zero-order valence-corrected chi connectivity index (χ0v) is 13.0. The minimum atomic E-state index is -3.00. The fourth-order valence-electron chi connectivity index (χ4n) is 2.80. The van der Waals surface area contributed by atoms with Crippen LogP contribution in [-0.4, -0.2) is 31.9 Å². The molecule has 0 bridgehead atoms. The maximum atomic E-state index is 12.3. The normalized spacial score (nSPS) is 20.9. The second kappa shape index (κ2) is 5.56. The first kappa shape index (κ1) is 15.0. The van der Waals surface area contributed by atoms with Crippen molar-refractivity contribution in [1.29, 1.82) is 0 Å². The van der Waals surface area contributed by atoms with E-state index in [0.29, 0.717) is 12.8 Å². The molecule has 1 atom stereocenters. The van der Waals surface area contributed by atoms with Crippen molar-refractivity contribution in [3.05, 3.63) is 29.3 Å². The summed E-state index contributed by atoms with van der Waals surface area (Å²) in [5.41, 5.74) is 2.97. The monoisotopic (exact) mass is 295 g/mol. The Morgan fingerprint density at radius 2 is 1.85 bits per heavy atom. The highest BCUT2D eigenvalue weighted by atomic mass is 32.2.